The molecule has 0 aliphatic heterocycles. The van der Waals surface area contributed by atoms with Gasteiger partial charge < -0.3 is 9.66 Å². The maximum absolute atomic E-state index is 12.7. The van der Waals surface area contributed by atoms with Crippen molar-refractivity contribution in [1.29, 1.82) is 0 Å². The Morgan fingerprint density at radius 2 is 1.82 bits per heavy atom. The molecule has 4 rings (SSSR count). The molecule has 0 fully saturated rings. The number of amides is 1. The van der Waals surface area contributed by atoms with E-state index in [0.717, 1.165) is 60.4 Å². The number of aliphatic hydroxyl groups is 1. The van der Waals surface area contributed by atoms with Gasteiger partial charge in [-0.2, -0.15) is 9.71 Å². The largest absolute Gasteiger partial charge is 0.586 e. The van der Waals surface area contributed by atoms with Gasteiger partial charge in [0.1, 0.15) is 11.4 Å². The standard InChI is InChI=1S/C20H23ClN2O3S2/c1-20(2,25)16-10-22-19(27-16)28(26)23-17(24)9-15-11-5-3-7-13(11)18(21)14-8-4-6-12(14)15/h10,25H,3-9H2,1-2H3,(H,23,24). The Kier molecular flexibility index (Phi) is 5.48. The van der Waals surface area contributed by atoms with Crippen LogP contribution in [0.5, 0.6) is 0 Å². The highest BCUT2D eigenvalue weighted by atomic mass is 35.5. The van der Waals surface area contributed by atoms with Gasteiger partial charge in [0.25, 0.3) is 5.91 Å². The van der Waals surface area contributed by atoms with E-state index in [1.807, 2.05) is 0 Å². The topological polar surface area (TPSA) is 85.3 Å². The normalized spacial score (nSPS) is 16.8. The highest BCUT2D eigenvalue weighted by Crippen LogP contribution is 2.41. The first-order valence-electron chi connectivity index (χ1n) is 9.49. The minimum Gasteiger partial charge on any atom is -0.586 e. The van der Waals surface area contributed by atoms with Crippen molar-refractivity contribution in [2.24, 2.45) is 0 Å². The lowest BCUT2D eigenvalue weighted by molar-refractivity contribution is -0.118. The molecule has 2 aliphatic carbocycles. The molecule has 0 spiro atoms. The Morgan fingerprint density at radius 1 is 1.25 bits per heavy atom. The number of carbonyl (C=O) groups is 1. The number of aromatic nitrogens is 1. The summed E-state index contributed by atoms with van der Waals surface area (Å²) in [7, 11) is 0. The molecule has 1 heterocycles. The third kappa shape index (κ3) is 3.71. The fourth-order valence-corrected chi connectivity index (χ4v) is 6.46. The van der Waals surface area contributed by atoms with Crippen molar-refractivity contribution < 1.29 is 14.5 Å². The second kappa shape index (κ2) is 7.61. The van der Waals surface area contributed by atoms with Gasteiger partial charge in [-0.3, -0.25) is 4.79 Å². The predicted molar refractivity (Wildman–Crippen MR) is 111 cm³/mol. The van der Waals surface area contributed by atoms with E-state index in [0.29, 0.717) is 4.88 Å². The van der Waals surface area contributed by atoms with E-state index < -0.39 is 17.0 Å². The van der Waals surface area contributed by atoms with Crippen LogP contribution < -0.4 is 4.72 Å². The highest BCUT2D eigenvalue weighted by Gasteiger charge is 2.30. The van der Waals surface area contributed by atoms with E-state index in [2.05, 4.69) is 9.71 Å². The highest BCUT2D eigenvalue weighted by molar-refractivity contribution is 7.92. The Morgan fingerprint density at radius 3 is 2.36 bits per heavy atom. The Balaban J connectivity index is 1.53. The monoisotopic (exact) mass is 438 g/mol. The molecule has 1 aromatic carbocycles. The minimum atomic E-state index is -1.73. The molecule has 2 aromatic rings. The summed E-state index contributed by atoms with van der Waals surface area (Å²) in [6.45, 7) is 3.29. The maximum Gasteiger partial charge on any atom is 0.329 e. The van der Waals surface area contributed by atoms with Crippen molar-refractivity contribution in [2.45, 2.75) is 68.7 Å². The number of fused-ring (bicyclic) bond motifs is 2. The summed E-state index contributed by atoms with van der Waals surface area (Å²) in [5.41, 5.74) is 4.92. The van der Waals surface area contributed by atoms with Gasteiger partial charge >= 0.3 is 4.34 Å². The van der Waals surface area contributed by atoms with Gasteiger partial charge in [-0.1, -0.05) is 22.9 Å². The van der Waals surface area contributed by atoms with Gasteiger partial charge in [0.2, 0.25) is 0 Å². The summed E-state index contributed by atoms with van der Waals surface area (Å²) in [6.07, 6.45) is 7.71. The third-order valence-electron chi connectivity index (χ3n) is 5.48. The average molecular weight is 439 g/mol. The van der Waals surface area contributed by atoms with Crippen LogP contribution in [-0.4, -0.2) is 20.6 Å². The summed E-state index contributed by atoms with van der Waals surface area (Å²) >= 11 is 6.05. The first-order valence-corrected chi connectivity index (χ1v) is 11.8. The molecular weight excluding hydrogens is 416 g/mol. The summed E-state index contributed by atoms with van der Waals surface area (Å²) < 4.78 is 15.4. The number of hydrogen-bond donors (Lipinski definition) is 2. The van der Waals surface area contributed by atoms with Crippen molar-refractivity contribution in [3.05, 3.63) is 43.9 Å². The zero-order valence-corrected chi connectivity index (χ0v) is 18.3. The molecule has 0 saturated heterocycles. The van der Waals surface area contributed by atoms with E-state index in [1.54, 1.807) is 13.8 Å². The molecule has 1 aromatic heterocycles. The van der Waals surface area contributed by atoms with Crippen LogP contribution in [0.2, 0.25) is 5.02 Å². The van der Waals surface area contributed by atoms with Crippen LogP contribution in [0.25, 0.3) is 0 Å². The SMILES string of the molecule is CC(C)(O)c1cnc([S+]([O-])NC(=O)Cc2c3c(c(Cl)c4c2CCC4)CCC3)s1. The molecule has 0 bridgehead atoms. The molecule has 1 atom stereocenters. The van der Waals surface area contributed by atoms with Crippen molar-refractivity contribution in [1.82, 2.24) is 9.71 Å². The van der Waals surface area contributed by atoms with Gasteiger partial charge in [-0.15, -0.1) is 0 Å². The van der Waals surface area contributed by atoms with Crippen LogP contribution in [0.1, 0.15) is 59.4 Å². The molecule has 28 heavy (non-hydrogen) atoms. The summed E-state index contributed by atoms with van der Waals surface area (Å²) in [5, 5.41) is 10.9. The molecule has 2 N–H and O–H groups in total. The number of benzene rings is 1. The van der Waals surface area contributed by atoms with E-state index in [4.69, 9.17) is 11.6 Å². The molecule has 1 unspecified atom stereocenters. The number of hydrogen-bond acceptors (Lipinski definition) is 5. The van der Waals surface area contributed by atoms with E-state index in [9.17, 15) is 14.5 Å². The average Bonchev–Trinajstić information content (AvgIpc) is 3.38. The van der Waals surface area contributed by atoms with E-state index in [-0.39, 0.29) is 16.7 Å². The summed E-state index contributed by atoms with van der Waals surface area (Å²) in [6, 6.07) is 0. The van der Waals surface area contributed by atoms with Gasteiger partial charge in [0.15, 0.2) is 0 Å². The first-order chi connectivity index (χ1) is 13.3. The smallest absolute Gasteiger partial charge is 0.329 e. The number of halogens is 1. The van der Waals surface area contributed by atoms with Gasteiger partial charge in [0, 0.05) is 11.2 Å². The molecule has 0 radical (unpaired) electrons. The number of rotatable bonds is 5. The lowest BCUT2D eigenvalue weighted by atomic mass is 9.92. The predicted octanol–water partition coefficient (Wildman–Crippen LogP) is 3.38. The first kappa shape index (κ1) is 20.2. The second-order valence-electron chi connectivity index (χ2n) is 7.93. The fraction of sp³-hybridized carbons (Fsp3) is 0.500. The number of nitrogens with one attached hydrogen (secondary N) is 1. The second-order valence-corrected chi connectivity index (χ2v) is 10.7. The number of nitrogens with zero attached hydrogens (tertiary/aromatic N) is 1. The molecule has 8 heteroatoms. The zero-order valence-electron chi connectivity index (χ0n) is 15.9. The number of thiazole rings is 1. The molecule has 150 valence electrons. The van der Waals surface area contributed by atoms with Crippen molar-refractivity contribution >= 4 is 40.2 Å². The van der Waals surface area contributed by atoms with Crippen molar-refractivity contribution in [3.8, 4) is 0 Å². The fourth-order valence-electron chi connectivity index (χ4n) is 4.19. The Bertz CT molecular complexity index is 901. The minimum absolute atomic E-state index is 0.220. The molecule has 5 nitrogen and oxygen atoms in total. The summed E-state index contributed by atoms with van der Waals surface area (Å²) in [5.74, 6) is -0.274. The van der Waals surface area contributed by atoms with Crippen LogP contribution in [0, 0.1) is 0 Å². The van der Waals surface area contributed by atoms with Crippen molar-refractivity contribution in [2.75, 3.05) is 0 Å². The third-order valence-corrected chi connectivity index (χ3v) is 8.58. The van der Waals surface area contributed by atoms with E-state index >= 15 is 0 Å². The van der Waals surface area contributed by atoms with Crippen LogP contribution in [0.3, 0.4) is 0 Å². The molecule has 1 amide bonds. The zero-order chi connectivity index (χ0) is 20.1. The van der Waals surface area contributed by atoms with E-state index in [1.165, 1.54) is 28.5 Å². The van der Waals surface area contributed by atoms with Crippen LogP contribution in [-0.2, 0) is 53.9 Å². The summed E-state index contributed by atoms with van der Waals surface area (Å²) in [4.78, 5) is 17.4. The Labute approximate surface area is 176 Å². The quantitative estimate of drug-likeness (QED) is 0.700. The number of carbonyl (C=O) groups excluding carboxylic acids is 1. The maximum atomic E-state index is 12.7. The molecule has 0 saturated carbocycles. The molecular formula is C20H23ClN2O3S2. The van der Waals surface area contributed by atoms with Gasteiger partial charge in [-0.05, 0) is 80.2 Å². The van der Waals surface area contributed by atoms with Crippen molar-refractivity contribution in [3.63, 3.8) is 0 Å². The van der Waals surface area contributed by atoms with Crippen LogP contribution in [0.4, 0.5) is 0 Å². The van der Waals surface area contributed by atoms with Crippen LogP contribution in [0.15, 0.2) is 10.5 Å². The lowest BCUT2D eigenvalue weighted by Crippen LogP contribution is -2.32. The van der Waals surface area contributed by atoms with Gasteiger partial charge in [-0.25, -0.2) is 0 Å². The molecule has 2 aliphatic rings. The Hall–Kier alpha value is -1.12. The lowest BCUT2D eigenvalue weighted by Gasteiger charge is -2.17. The van der Waals surface area contributed by atoms with Crippen LogP contribution >= 0.6 is 22.9 Å². The van der Waals surface area contributed by atoms with Gasteiger partial charge in [0.05, 0.1) is 16.9 Å².